The molecule has 0 spiro atoms. The molecule has 0 aliphatic carbocycles. The van der Waals surface area contributed by atoms with E-state index in [1.54, 1.807) is 0 Å². The number of nitrogens with one attached hydrogen (secondary N) is 1. The second-order valence-corrected chi connectivity index (χ2v) is 3.47. The van der Waals surface area contributed by atoms with Gasteiger partial charge in [-0.05, 0) is 18.9 Å². The molecule has 2 heteroatoms. The number of terminal acetylenes is 1. The zero-order valence-corrected chi connectivity index (χ0v) is 8.46. The molecule has 0 heterocycles. The third-order valence-electron chi connectivity index (χ3n) is 2.16. The smallest absolute Gasteiger partial charge is 0.0360 e. The average molecular weight is 188 g/mol. The third kappa shape index (κ3) is 3.21. The summed E-state index contributed by atoms with van der Waals surface area (Å²) in [7, 11) is 0. The van der Waals surface area contributed by atoms with Crippen molar-refractivity contribution >= 4 is 0 Å². The van der Waals surface area contributed by atoms with Crippen molar-refractivity contribution in [1.82, 2.24) is 5.43 Å². The van der Waals surface area contributed by atoms with Crippen molar-refractivity contribution in [2.24, 2.45) is 5.84 Å². The molecule has 14 heavy (non-hydrogen) atoms. The average Bonchev–Trinajstić information content (AvgIpc) is 2.17. The third-order valence-corrected chi connectivity index (χ3v) is 2.16. The molecule has 1 rings (SSSR count). The minimum Gasteiger partial charge on any atom is -0.271 e. The van der Waals surface area contributed by atoms with Crippen LogP contribution in [0.25, 0.3) is 0 Å². The van der Waals surface area contributed by atoms with Gasteiger partial charge in [0.1, 0.15) is 0 Å². The second-order valence-electron chi connectivity index (χ2n) is 3.47. The molecule has 0 saturated heterocycles. The van der Waals surface area contributed by atoms with Crippen LogP contribution in [0.4, 0.5) is 0 Å². The van der Waals surface area contributed by atoms with Gasteiger partial charge in [0.05, 0.1) is 0 Å². The van der Waals surface area contributed by atoms with Gasteiger partial charge in [-0.2, -0.15) is 0 Å². The van der Waals surface area contributed by atoms with Crippen molar-refractivity contribution in [3.8, 4) is 12.3 Å². The first-order valence-corrected chi connectivity index (χ1v) is 4.71. The molecule has 0 aliphatic heterocycles. The molecule has 3 N–H and O–H groups in total. The van der Waals surface area contributed by atoms with Crippen LogP contribution in [0.1, 0.15) is 17.5 Å². The molecular formula is C12H16N2. The van der Waals surface area contributed by atoms with Crippen molar-refractivity contribution in [2.75, 3.05) is 0 Å². The zero-order chi connectivity index (χ0) is 10.4. The molecule has 0 aliphatic rings. The van der Waals surface area contributed by atoms with E-state index >= 15 is 0 Å². The minimum atomic E-state index is 0.168. The number of hydrazine groups is 1. The fraction of sp³-hybridized carbons (Fsp3) is 0.333. The predicted octanol–water partition coefficient (Wildman–Crippen LogP) is 1.39. The lowest BCUT2D eigenvalue weighted by molar-refractivity contribution is 0.537. The van der Waals surface area contributed by atoms with E-state index in [-0.39, 0.29) is 6.04 Å². The van der Waals surface area contributed by atoms with Crippen LogP contribution in [-0.4, -0.2) is 6.04 Å². The Hall–Kier alpha value is -1.30. The minimum absolute atomic E-state index is 0.168. The summed E-state index contributed by atoms with van der Waals surface area (Å²) in [6, 6.07) is 8.54. The number of nitrogens with two attached hydrogens (primary N) is 1. The highest BCUT2D eigenvalue weighted by Gasteiger charge is 2.05. The van der Waals surface area contributed by atoms with Crippen molar-refractivity contribution in [3.63, 3.8) is 0 Å². The van der Waals surface area contributed by atoms with Gasteiger partial charge in [0.2, 0.25) is 0 Å². The quantitative estimate of drug-likeness (QED) is 0.426. The molecule has 1 aromatic carbocycles. The van der Waals surface area contributed by atoms with Crippen LogP contribution in [0, 0.1) is 19.3 Å². The largest absolute Gasteiger partial charge is 0.271 e. The highest BCUT2D eigenvalue weighted by molar-refractivity contribution is 5.23. The van der Waals surface area contributed by atoms with E-state index in [2.05, 4.69) is 36.5 Å². The van der Waals surface area contributed by atoms with Crippen LogP contribution < -0.4 is 11.3 Å². The van der Waals surface area contributed by atoms with E-state index in [1.807, 2.05) is 6.07 Å². The van der Waals surface area contributed by atoms with Gasteiger partial charge in [-0.15, -0.1) is 12.3 Å². The Morgan fingerprint density at radius 2 is 2.36 bits per heavy atom. The van der Waals surface area contributed by atoms with E-state index < -0.39 is 0 Å². The molecule has 1 aromatic rings. The van der Waals surface area contributed by atoms with Crippen LogP contribution in [0.2, 0.25) is 0 Å². The summed E-state index contributed by atoms with van der Waals surface area (Å²) in [6.45, 7) is 2.08. The Morgan fingerprint density at radius 3 is 2.93 bits per heavy atom. The predicted molar refractivity (Wildman–Crippen MR) is 59.4 cm³/mol. The summed E-state index contributed by atoms with van der Waals surface area (Å²) in [6.07, 6.45) is 6.78. The van der Waals surface area contributed by atoms with Gasteiger partial charge in [0.15, 0.2) is 0 Å². The number of aryl methyl sites for hydroxylation is 1. The summed E-state index contributed by atoms with van der Waals surface area (Å²) in [5, 5.41) is 0. The molecule has 0 fully saturated rings. The fourth-order valence-electron chi connectivity index (χ4n) is 1.46. The maximum absolute atomic E-state index is 5.40. The highest BCUT2D eigenvalue weighted by Crippen LogP contribution is 2.07. The van der Waals surface area contributed by atoms with Gasteiger partial charge < -0.3 is 0 Å². The fourth-order valence-corrected chi connectivity index (χ4v) is 1.46. The first kappa shape index (κ1) is 10.8. The lowest BCUT2D eigenvalue weighted by Gasteiger charge is -2.12. The second kappa shape index (κ2) is 5.43. The zero-order valence-electron chi connectivity index (χ0n) is 8.46. The van der Waals surface area contributed by atoms with Crippen molar-refractivity contribution in [1.29, 1.82) is 0 Å². The van der Waals surface area contributed by atoms with E-state index in [1.165, 1.54) is 11.1 Å². The van der Waals surface area contributed by atoms with Crippen LogP contribution in [-0.2, 0) is 6.42 Å². The molecule has 0 bridgehead atoms. The normalized spacial score (nSPS) is 12.1. The molecule has 74 valence electrons. The first-order chi connectivity index (χ1) is 6.76. The summed E-state index contributed by atoms with van der Waals surface area (Å²) in [5.41, 5.74) is 5.26. The molecule has 2 nitrogen and oxygen atoms in total. The molecule has 0 saturated carbocycles. The molecule has 0 aromatic heterocycles. The summed E-state index contributed by atoms with van der Waals surface area (Å²) < 4.78 is 0. The Balaban J connectivity index is 2.63. The summed E-state index contributed by atoms with van der Waals surface area (Å²) in [4.78, 5) is 0. The lowest BCUT2D eigenvalue weighted by atomic mass is 10.0. The van der Waals surface area contributed by atoms with Crippen molar-refractivity contribution < 1.29 is 0 Å². The number of hydrogen-bond donors (Lipinski definition) is 2. The van der Waals surface area contributed by atoms with Crippen molar-refractivity contribution in [3.05, 3.63) is 35.4 Å². The molecule has 1 unspecified atom stereocenters. The van der Waals surface area contributed by atoms with Gasteiger partial charge in [-0.1, -0.05) is 29.8 Å². The summed E-state index contributed by atoms with van der Waals surface area (Å²) in [5.74, 6) is 8.01. The van der Waals surface area contributed by atoms with Gasteiger partial charge in [-0.3, -0.25) is 11.3 Å². The number of hydrogen-bond acceptors (Lipinski definition) is 2. The highest BCUT2D eigenvalue weighted by atomic mass is 15.2. The Labute approximate surface area is 85.5 Å². The van der Waals surface area contributed by atoms with Gasteiger partial charge in [-0.25, -0.2) is 0 Å². The molecular weight excluding hydrogens is 172 g/mol. The Morgan fingerprint density at radius 1 is 1.57 bits per heavy atom. The maximum atomic E-state index is 5.40. The Kier molecular flexibility index (Phi) is 4.18. The van der Waals surface area contributed by atoms with Crippen LogP contribution in [0.5, 0.6) is 0 Å². The van der Waals surface area contributed by atoms with Crippen LogP contribution in [0.3, 0.4) is 0 Å². The van der Waals surface area contributed by atoms with Crippen molar-refractivity contribution in [2.45, 2.75) is 25.8 Å². The lowest BCUT2D eigenvalue weighted by Crippen LogP contribution is -2.36. The van der Waals surface area contributed by atoms with Gasteiger partial charge in [0.25, 0.3) is 0 Å². The SMILES string of the molecule is C#CCC(Cc1cccc(C)c1)NN. The first-order valence-electron chi connectivity index (χ1n) is 4.71. The van der Waals surface area contributed by atoms with E-state index in [0.717, 1.165) is 6.42 Å². The Bertz CT molecular complexity index is 325. The number of rotatable bonds is 4. The van der Waals surface area contributed by atoms with Gasteiger partial charge >= 0.3 is 0 Å². The molecule has 1 atom stereocenters. The number of benzene rings is 1. The van der Waals surface area contributed by atoms with E-state index in [4.69, 9.17) is 12.3 Å². The molecule has 0 radical (unpaired) electrons. The van der Waals surface area contributed by atoms with Gasteiger partial charge in [0, 0.05) is 12.5 Å². The van der Waals surface area contributed by atoms with E-state index in [0.29, 0.717) is 6.42 Å². The standard InChI is InChI=1S/C12H16N2/c1-3-5-12(14-13)9-11-7-4-6-10(2)8-11/h1,4,6-8,12,14H,5,9,13H2,2H3. The van der Waals surface area contributed by atoms with E-state index in [9.17, 15) is 0 Å². The van der Waals surface area contributed by atoms with Crippen LogP contribution in [0.15, 0.2) is 24.3 Å². The monoisotopic (exact) mass is 188 g/mol. The van der Waals surface area contributed by atoms with Crippen LogP contribution >= 0.6 is 0 Å². The summed E-state index contributed by atoms with van der Waals surface area (Å²) >= 11 is 0. The topological polar surface area (TPSA) is 38.0 Å². The maximum Gasteiger partial charge on any atom is 0.0360 e. The molecule has 0 amide bonds.